The minimum atomic E-state index is -0.830. The largest absolute Gasteiger partial charge is 0.313 e. The van der Waals surface area contributed by atoms with Crippen LogP contribution in [0.1, 0.15) is 22.9 Å². The van der Waals surface area contributed by atoms with E-state index in [-0.39, 0.29) is 10.5 Å². The highest BCUT2D eigenvalue weighted by atomic mass is 79.9. The third-order valence-corrected chi connectivity index (χ3v) is 4.79. The van der Waals surface area contributed by atoms with Crippen molar-refractivity contribution in [2.24, 2.45) is 0 Å². The van der Waals surface area contributed by atoms with E-state index in [0.717, 1.165) is 18.4 Å². The molecule has 0 spiro atoms. The van der Waals surface area contributed by atoms with Gasteiger partial charge in [-0.1, -0.05) is 12.1 Å². The van der Waals surface area contributed by atoms with Crippen molar-refractivity contribution in [1.82, 2.24) is 5.32 Å². The van der Waals surface area contributed by atoms with Crippen molar-refractivity contribution in [3.8, 4) is 0 Å². The van der Waals surface area contributed by atoms with Gasteiger partial charge in [-0.2, -0.15) is 0 Å². The zero-order valence-electron chi connectivity index (χ0n) is 10.4. The predicted octanol–water partition coefficient (Wildman–Crippen LogP) is 4.68. The van der Waals surface area contributed by atoms with Crippen LogP contribution in [0.2, 0.25) is 0 Å². The van der Waals surface area contributed by atoms with Gasteiger partial charge in [-0.25, -0.2) is 8.78 Å². The molecule has 1 N–H and O–H groups in total. The molecule has 0 saturated carbocycles. The van der Waals surface area contributed by atoms with Gasteiger partial charge in [-0.3, -0.25) is 0 Å². The van der Waals surface area contributed by atoms with Crippen molar-refractivity contribution in [2.75, 3.05) is 7.05 Å². The van der Waals surface area contributed by atoms with Gasteiger partial charge in [0.05, 0.1) is 4.47 Å². The molecule has 0 amide bonds. The van der Waals surface area contributed by atoms with Crippen LogP contribution in [0.5, 0.6) is 0 Å². The van der Waals surface area contributed by atoms with E-state index in [0.29, 0.717) is 0 Å². The number of rotatable bonds is 5. The van der Waals surface area contributed by atoms with E-state index in [2.05, 4.69) is 27.3 Å². The maximum atomic E-state index is 13.6. The van der Waals surface area contributed by atoms with Crippen molar-refractivity contribution in [3.05, 3.63) is 56.2 Å². The second-order valence-corrected chi connectivity index (χ2v) is 6.05. The molecular formula is C14H14BrF2NS. The predicted molar refractivity (Wildman–Crippen MR) is 78.5 cm³/mol. The molecule has 0 saturated heterocycles. The number of hydrogen-bond donors (Lipinski definition) is 1. The van der Waals surface area contributed by atoms with Gasteiger partial charge in [0, 0.05) is 10.9 Å². The molecule has 1 unspecified atom stereocenters. The number of nitrogens with one attached hydrogen (secondary N) is 1. The Kier molecular flexibility index (Phi) is 5.07. The van der Waals surface area contributed by atoms with Gasteiger partial charge in [0.25, 0.3) is 0 Å². The summed E-state index contributed by atoms with van der Waals surface area (Å²) in [5.41, 5.74) is 0.748. The summed E-state index contributed by atoms with van der Waals surface area (Å²) in [5.74, 6) is -1.65. The molecular weight excluding hydrogens is 332 g/mol. The van der Waals surface area contributed by atoms with Crippen LogP contribution >= 0.6 is 27.3 Å². The number of hydrogen-bond acceptors (Lipinski definition) is 2. The fraction of sp³-hybridized carbons (Fsp3) is 0.286. The number of thiophene rings is 1. The standard InChI is InChI=1S/C14H14BrF2NS/c1-18-12(7-4-9-3-2-8-19-9)10-5-6-11(16)14(17)13(10)15/h2-3,5-6,8,12,18H,4,7H2,1H3. The van der Waals surface area contributed by atoms with Crippen LogP contribution in [0.3, 0.4) is 0 Å². The van der Waals surface area contributed by atoms with E-state index in [1.807, 2.05) is 18.5 Å². The molecule has 5 heteroatoms. The molecule has 1 aromatic heterocycles. The van der Waals surface area contributed by atoms with Crippen molar-refractivity contribution < 1.29 is 8.78 Å². The Hall–Kier alpha value is -0.780. The van der Waals surface area contributed by atoms with Crippen LogP contribution in [0.15, 0.2) is 34.1 Å². The zero-order chi connectivity index (χ0) is 13.8. The molecule has 0 fully saturated rings. The Morgan fingerprint density at radius 1 is 1.32 bits per heavy atom. The van der Waals surface area contributed by atoms with Crippen molar-refractivity contribution >= 4 is 27.3 Å². The van der Waals surface area contributed by atoms with E-state index < -0.39 is 11.6 Å². The van der Waals surface area contributed by atoms with Crippen LogP contribution in [-0.2, 0) is 6.42 Å². The highest BCUT2D eigenvalue weighted by Crippen LogP contribution is 2.30. The second-order valence-electron chi connectivity index (χ2n) is 4.22. The summed E-state index contributed by atoms with van der Waals surface area (Å²) >= 11 is 4.85. The molecule has 0 aliphatic rings. The van der Waals surface area contributed by atoms with Gasteiger partial charge in [-0.05, 0) is 58.9 Å². The monoisotopic (exact) mass is 345 g/mol. The summed E-state index contributed by atoms with van der Waals surface area (Å²) in [6.07, 6.45) is 1.75. The summed E-state index contributed by atoms with van der Waals surface area (Å²) in [7, 11) is 1.83. The average molecular weight is 346 g/mol. The Bertz CT molecular complexity index is 543. The summed E-state index contributed by atoms with van der Waals surface area (Å²) in [5, 5.41) is 5.19. The lowest BCUT2D eigenvalue weighted by Crippen LogP contribution is -2.18. The number of halogens is 3. The van der Waals surface area contributed by atoms with Gasteiger partial charge in [0.15, 0.2) is 11.6 Å². The summed E-state index contributed by atoms with van der Waals surface area (Å²) in [6.45, 7) is 0. The van der Waals surface area contributed by atoms with Crippen LogP contribution in [-0.4, -0.2) is 7.05 Å². The van der Waals surface area contributed by atoms with Gasteiger partial charge in [-0.15, -0.1) is 11.3 Å². The van der Waals surface area contributed by atoms with Crippen molar-refractivity contribution in [2.45, 2.75) is 18.9 Å². The van der Waals surface area contributed by atoms with Crippen molar-refractivity contribution in [3.63, 3.8) is 0 Å². The van der Waals surface area contributed by atoms with Crippen LogP contribution < -0.4 is 5.32 Å². The van der Waals surface area contributed by atoms with Gasteiger partial charge in [0.1, 0.15) is 0 Å². The van der Waals surface area contributed by atoms with E-state index in [1.54, 1.807) is 17.4 Å². The fourth-order valence-electron chi connectivity index (χ4n) is 2.01. The third kappa shape index (κ3) is 3.41. The first-order valence-corrected chi connectivity index (χ1v) is 7.63. The third-order valence-electron chi connectivity index (χ3n) is 3.05. The molecule has 2 aromatic rings. The highest BCUT2D eigenvalue weighted by molar-refractivity contribution is 9.10. The molecule has 0 aliphatic heterocycles. The lowest BCUT2D eigenvalue weighted by molar-refractivity contribution is 0.491. The van der Waals surface area contributed by atoms with E-state index in [1.165, 1.54) is 10.9 Å². The maximum absolute atomic E-state index is 13.6. The maximum Gasteiger partial charge on any atom is 0.173 e. The van der Waals surface area contributed by atoms with E-state index in [4.69, 9.17) is 0 Å². The van der Waals surface area contributed by atoms with Crippen LogP contribution in [0, 0.1) is 11.6 Å². The molecule has 1 aromatic carbocycles. The van der Waals surface area contributed by atoms with Crippen LogP contribution in [0.25, 0.3) is 0 Å². The van der Waals surface area contributed by atoms with Crippen LogP contribution in [0.4, 0.5) is 8.78 Å². The molecule has 0 radical (unpaired) electrons. The summed E-state index contributed by atoms with van der Waals surface area (Å²) in [6, 6.07) is 6.88. The minimum Gasteiger partial charge on any atom is -0.313 e. The van der Waals surface area contributed by atoms with Gasteiger partial charge < -0.3 is 5.32 Å². The van der Waals surface area contributed by atoms with Crippen molar-refractivity contribution in [1.29, 1.82) is 0 Å². The Morgan fingerprint density at radius 3 is 2.74 bits per heavy atom. The lowest BCUT2D eigenvalue weighted by atomic mass is 10.0. The number of benzene rings is 1. The summed E-state index contributed by atoms with van der Waals surface area (Å²) < 4.78 is 26.9. The lowest BCUT2D eigenvalue weighted by Gasteiger charge is -2.18. The first kappa shape index (κ1) is 14.6. The number of aryl methyl sites for hydroxylation is 1. The first-order chi connectivity index (χ1) is 9.13. The Labute approximate surface area is 123 Å². The molecule has 1 nitrogen and oxygen atoms in total. The van der Waals surface area contributed by atoms with Gasteiger partial charge in [0.2, 0.25) is 0 Å². The van der Waals surface area contributed by atoms with E-state index in [9.17, 15) is 8.78 Å². The minimum absolute atomic E-state index is 0.00780. The normalized spacial score (nSPS) is 12.6. The second kappa shape index (κ2) is 6.59. The quantitative estimate of drug-likeness (QED) is 0.775. The Morgan fingerprint density at radius 2 is 2.11 bits per heavy atom. The first-order valence-electron chi connectivity index (χ1n) is 5.96. The highest BCUT2D eigenvalue weighted by Gasteiger charge is 2.17. The van der Waals surface area contributed by atoms with E-state index >= 15 is 0 Å². The zero-order valence-corrected chi connectivity index (χ0v) is 12.8. The topological polar surface area (TPSA) is 12.0 Å². The molecule has 1 heterocycles. The molecule has 0 aliphatic carbocycles. The fourth-order valence-corrected chi connectivity index (χ4v) is 3.33. The smallest absolute Gasteiger partial charge is 0.173 e. The average Bonchev–Trinajstić information content (AvgIpc) is 2.92. The van der Waals surface area contributed by atoms with Gasteiger partial charge >= 0.3 is 0 Å². The molecule has 1 atom stereocenters. The molecule has 0 bridgehead atoms. The molecule has 19 heavy (non-hydrogen) atoms. The molecule has 2 rings (SSSR count). The summed E-state index contributed by atoms with van der Waals surface area (Å²) in [4.78, 5) is 1.29. The molecule has 102 valence electrons. The SMILES string of the molecule is CNC(CCc1cccs1)c1ccc(F)c(F)c1Br. The Balaban J connectivity index is 2.15.